The first-order valence-corrected chi connectivity index (χ1v) is 6.40. The molecule has 0 aliphatic carbocycles. The van der Waals surface area contributed by atoms with Gasteiger partial charge in [0, 0.05) is 18.7 Å². The molecule has 0 amide bonds. The van der Waals surface area contributed by atoms with Crippen molar-refractivity contribution in [3.05, 3.63) is 42.4 Å². The molecule has 1 heterocycles. The van der Waals surface area contributed by atoms with Gasteiger partial charge in [0.2, 0.25) is 5.75 Å². The van der Waals surface area contributed by atoms with Gasteiger partial charge in [0.1, 0.15) is 6.61 Å². The van der Waals surface area contributed by atoms with Crippen molar-refractivity contribution in [2.24, 2.45) is 0 Å². The Morgan fingerprint density at radius 2 is 1.85 bits per heavy atom. The van der Waals surface area contributed by atoms with Gasteiger partial charge >= 0.3 is 0 Å². The zero-order valence-electron chi connectivity index (χ0n) is 11.7. The van der Waals surface area contributed by atoms with E-state index in [0.29, 0.717) is 30.4 Å². The summed E-state index contributed by atoms with van der Waals surface area (Å²) in [6, 6.07) is 7.48. The summed E-state index contributed by atoms with van der Waals surface area (Å²) in [4.78, 5) is 0. The first-order valence-electron chi connectivity index (χ1n) is 6.40. The van der Waals surface area contributed by atoms with Gasteiger partial charge in [0.15, 0.2) is 11.5 Å². The summed E-state index contributed by atoms with van der Waals surface area (Å²) < 4.78 is 21.3. The molecule has 0 bridgehead atoms. The highest BCUT2D eigenvalue weighted by atomic mass is 16.5. The lowest BCUT2D eigenvalue weighted by atomic mass is 10.3. The summed E-state index contributed by atoms with van der Waals surface area (Å²) >= 11 is 0. The Morgan fingerprint density at radius 1 is 1.10 bits per heavy atom. The van der Waals surface area contributed by atoms with Crippen LogP contribution in [0, 0.1) is 0 Å². The van der Waals surface area contributed by atoms with Crippen LogP contribution >= 0.6 is 0 Å². The molecule has 1 aromatic carbocycles. The van der Waals surface area contributed by atoms with E-state index in [1.165, 1.54) is 0 Å². The number of rotatable bonds is 8. The maximum absolute atomic E-state index is 5.73. The van der Waals surface area contributed by atoms with Gasteiger partial charge in [0.05, 0.1) is 26.7 Å². The van der Waals surface area contributed by atoms with E-state index in [2.05, 4.69) is 5.32 Å². The SMILES string of the molecule is COc1cccc(OC)c1OCCNCc1ccoc1. The second kappa shape index (κ2) is 7.45. The molecule has 0 fully saturated rings. The fraction of sp³-hybridized carbons (Fsp3) is 0.333. The number of furan rings is 1. The van der Waals surface area contributed by atoms with Crippen LogP contribution in [-0.2, 0) is 6.54 Å². The summed E-state index contributed by atoms with van der Waals surface area (Å²) in [5, 5.41) is 3.27. The van der Waals surface area contributed by atoms with Crippen LogP contribution in [0.25, 0.3) is 0 Å². The second-order valence-electron chi connectivity index (χ2n) is 4.15. The molecule has 2 aromatic rings. The minimum atomic E-state index is 0.522. The average molecular weight is 277 g/mol. The third kappa shape index (κ3) is 3.68. The molecule has 0 atom stereocenters. The third-order valence-corrected chi connectivity index (χ3v) is 2.82. The number of nitrogens with one attached hydrogen (secondary N) is 1. The normalized spacial score (nSPS) is 10.3. The first-order chi connectivity index (χ1) is 9.85. The highest BCUT2D eigenvalue weighted by molar-refractivity contribution is 5.51. The molecule has 5 nitrogen and oxygen atoms in total. The largest absolute Gasteiger partial charge is 0.493 e. The summed E-state index contributed by atoms with van der Waals surface area (Å²) in [5.41, 5.74) is 1.11. The van der Waals surface area contributed by atoms with Crippen molar-refractivity contribution in [1.29, 1.82) is 0 Å². The predicted octanol–water partition coefficient (Wildman–Crippen LogP) is 2.47. The molecule has 2 rings (SSSR count). The molecular formula is C15H19NO4. The van der Waals surface area contributed by atoms with Gasteiger partial charge in [-0.25, -0.2) is 0 Å². The van der Waals surface area contributed by atoms with Gasteiger partial charge in [-0.3, -0.25) is 0 Å². The predicted molar refractivity (Wildman–Crippen MR) is 75.5 cm³/mol. The molecule has 0 aliphatic rings. The number of methoxy groups -OCH3 is 2. The zero-order chi connectivity index (χ0) is 14.2. The highest BCUT2D eigenvalue weighted by Crippen LogP contribution is 2.36. The lowest BCUT2D eigenvalue weighted by molar-refractivity contribution is 0.273. The lowest BCUT2D eigenvalue weighted by Crippen LogP contribution is -2.20. The zero-order valence-corrected chi connectivity index (χ0v) is 11.7. The number of benzene rings is 1. The number of para-hydroxylation sites is 1. The molecule has 0 radical (unpaired) electrons. The van der Waals surface area contributed by atoms with Gasteiger partial charge in [-0.15, -0.1) is 0 Å². The van der Waals surface area contributed by atoms with Crippen LogP contribution < -0.4 is 19.5 Å². The molecule has 20 heavy (non-hydrogen) atoms. The van der Waals surface area contributed by atoms with Gasteiger partial charge < -0.3 is 23.9 Å². The van der Waals surface area contributed by atoms with E-state index in [4.69, 9.17) is 18.6 Å². The van der Waals surface area contributed by atoms with E-state index in [9.17, 15) is 0 Å². The Labute approximate surface area is 118 Å². The Morgan fingerprint density at radius 3 is 2.45 bits per heavy atom. The van der Waals surface area contributed by atoms with Crippen molar-refractivity contribution in [1.82, 2.24) is 5.32 Å². The summed E-state index contributed by atoms with van der Waals surface area (Å²) in [6.07, 6.45) is 3.38. The van der Waals surface area contributed by atoms with Crippen LogP contribution in [0.15, 0.2) is 41.2 Å². The van der Waals surface area contributed by atoms with Gasteiger partial charge in [-0.2, -0.15) is 0 Å². The summed E-state index contributed by atoms with van der Waals surface area (Å²) in [7, 11) is 3.22. The maximum Gasteiger partial charge on any atom is 0.203 e. The van der Waals surface area contributed by atoms with Gasteiger partial charge in [-0.1, -0.05) is 6.07 Å². The number of ether oxygens (including phenoxy) is 3. The molecule has 0 saturated heterocycles. The molecule has 0 aliphatic heterocycles. The topological polar surface area (TPSA) is 52.9 Å². The minimum Gasteiger partial charge on any atom is -0.493 e. The molecule has 1 N–H and O–H groups in total. The Bertz CT molecular complexity index is 488. The third-order valence-electron chi connectivity index (χ3n) is 2.82. The van der Waals surface area contributed by atoms with Crippen LogP contribution in [0.4, 0.5) is 0 Å². The Balaban J connectivity index is 1.81. The lowest BCUT2D eigenvalue weighted by Gasteiger charge is -2.14. The molecule has 0 unspecified atom stereocenters. The summed E-state index contributed by atoms with van der Waals surface area (Å²) in [5.74, 6) is 1.96. The molecule has 5 heteroatoms. The minimum absolute atomic E-state index is 0.522. The van der Waals surface area contributed by atoms with Gasteiger partial charge in [-0.05, 0) is 18.2 Å². The molecule has 0 saturated carbocycles. The van der Waals surface area contributed by atoms with Crippen LogP contribution in [0.1, 0.15) is 5.56 Å². The van der Waals surface area contributed by atoms with Crippen molar-refractivity contribution in [3.8, 4) is 17.2 Å². The smallest absolute Gasteiger partial charge is 0.203 e. The van der Waals surface area contributed by atoms with E-state index >= 15 is 0 Å². The van der Waals surface area contributed by atoms with E-state index in [1.54, 1.807) is 26.7 Å². The molecule has 1 aromatic heterocycles. The average Bonchev–Trinajstić information content (AvgIpc) is 3.00. The van der Waals surface area contributed by atoms with E-state index in [-0.39, 0.29) is 0 Å². The van der Waals surface area contributed by atoms with Crippen LogP contribution in [0.3, 0.4) is 0 Å². The van der Waals surface area contributed by atoms with Crippen molar-refractivity contribution in [3.63, 3.8) is 0 Å². The van der Waals surface area contributed by atoms with Crippen LogP contribution in [0.5, 0.6) is 17.2 Å². The second-order valence-corrected chi connectivity index (χ2v) is 4.15. The Hall–Kier alpha value is -2.14. The van der Waals surface area contributed by atoms with E-state index in [1.807, 2.05) is 24.3 Å². The highest BCUT2D eigenvalue weighted by Gasteiger charge is 2.10. The molecule has 108 valence electrons. The Kier molecular flexibility index (Phi) is 5.32. The summed E-state index contributed by atoms with van der Waals surface area (Å²) in [6.45, 7) is 1.99. The van der Waals surface area contributed by atoms with Crippen molar-refractivity contribution in [2.75, 3.05) is 27.4 Å². The molecule has 0 spiro atoms. The van der Waals surface area contributed by atoms with E-state index in [0.717, 1.165) is 12.1 Å². The standard InChI is InChI=1S/C15H19NO4/c1-17-13-4-3-5-14(18-2)15(13)20-9-7-16-10-12-6-8-19-11-12/h3-6,8,11,16H,7,9-10H2,1-2H3. The van der Waals surface area contributed by atoms with Crippen molar-refractivity contribution in [2.45, 2.75) is 6.54 Å². The fourth-order valence-corrected chi connectivity index (χ4v) is 1.81. The van der Waals surface area contributed by atoms with Gasteiger partial charge in [0.25, 0.3) is 0 Å². The van der Waals surface area contributed by atoms with Crippen LogP contribution in [0.2, 0.25) is 0 Å². The van der Waals surface area contributed by atoms with Crippen molar-refractivity contribution >= 4 is 0 Å². The monoisotopic (exact) mass is 277 g/mol. The quantitative estimate of drug-likeness (QED) is 0.751. The maximum atomic E-state index is 5.73. The molecular weight excluding hydrogens is 258 g/mol. The first kappa shape index (κ1) is 14.3. The fourth-order valence-electron chi connectivity index (χ4n) is 1.81. The number of hydrogen-bond acceptors (Lipinski definition) is 5. The van der Waals surface area contributed by atoms with E-state index < -0.39 is 0 Å². The van der Waals surface area contributed by atoms with Crippen molar-refractivity contribution < 1.29 is 18.6 Å². The van der Waals surface area contributed by atoms with Crippen LogP contribution in [-0.4, -0.2) is 27.4 Å². The number of hydrogen-bond donors (Lipinski definition) is 1.